The second-order valence-electron chi connectivity index (χ2n) is 5.90. The Bertz CT molecular complexity index is 1180. The van der Waals surface area contributed by atoms with Crippen LogP contribution in [0.25, 0.3) is 10.9 Å². The van der Waals surface area contributed by atoms with Gasteiger partial charge in [0.2, 0.25) is 0 Å². The van der Waals surface area contributed by atoms with E-state index < -0.39 is 47.2 Å². The molecular formula is C17H12F3N5O5. The Morgan fingerprint density at radius 2 is 1.97 bits per heavy atom. The lowest BCUT2D eigenvalue weighted by Gasteiger charge is -2.11. The zero-order valence-electron chi connectivity index (χ0n) is 14.9. The van der Waals surface area contributed by atoms with Crippen molar-refractivity contribution < 1.29 is 27.6 Å². The number of nitro benzene ring substituents is 1. The molecule has 1 N–H and O–H groups in total. The van der Waals surface area contributed by atoms with Crippen LogP contribution in [0.4, 0.5) is 24.5 Å². The largest absolute Gasteiger partial charge is 0.441 e. The van der Waals surface area contributed by atoms with Crippen LogP contribution in [0.1, 0.15) is 5.56 Å². The fraction of sp³-hybridized carbons (Fsp3) is 0.176. The topological polar surface area (TPSA) is 129 Å². The summed E-state index contributed by atoms with van der Waals surface area (Å²) in [7, 11) is 0. The molecule has 0 unspecified atom stereocenters. The summed E-state index contributed by atoms with van der Waals surface area (Å²) in [4.78, 5) is 34.1. The summed E-state index contributed by atoms with van der Waals surface area (Å²) >= 11 is 0. The van der Waals surface area contributed by atoms with Gasteiger partial charge in [-0.3, -0.25) is 19.7 Å². The van der Waals surface area contributed by atoms with Crippen molar-refractivity contribution in [3.8, 4) is 0 Å². The van der Waals surface area contributed by atoms with Crippen LogP contribution >= 0.6 is 0 Å². The number of alkyl halides is 3. The first-order chi connectivity index (χ1) is 14.2. The number of nitrogens with one attached hydrogen (secondary N) is 1. The summed E-state index contributed by atoms with van der Waals surface area (Å²) < 4.78 is 43.8. The summed E-state index contributed by atoms with van der Waals surface area (Å²) in [5, 5.41) is 21.1. The molecule has 0 bridgehead atoms. The molecule has 0 aliphatic heterocycles. The van der Waals surface area contributed by atoms with Gasteiger partial charge in [-0.25, -0.2) is 0 Å². The Labute approximate surface area is 165 Å². The number of hydrogen-bond acceptors (Lipinski definition) is 8. The molecule has 0 saturated carbocycles. The number of fused-ring (bicyclic) bond motifs is 1. The number of carbonyl (C=O) groups is 1. The van der Waals surface area contributed by atoms with Crippen molar-refractivity contribution >= 4 is 28.2 Å². The molecule has 0 radical (unpaired) electrons. The first-order valence-electron chi connectivity index (χ1n) is 8.24. The molecule has 0 aliphatic rings. The standard InChI is InChI=1S/C17H12F3N5O5/c18-17(19,20)10-5-6-13(14(7-10)25(28)29)21-8-15(26)30-9-24-16(27)11-3-1-2-4-12(11)22-23-24/h1-7,21H,8-9H2. The number of hydrogen-bond donors (Lipinski definition) is 1. The number of aromatic nitrogens is 3. The molecule has 0 saturated heterocycles. The minimum Gasteiger partial charge on any atom is -0.441 e. The second-order valence-corrected chi connectivity index (χ2v) is 5.90. The van der Waals surface area contributed by atoms with Crippen LogP contribution in [-0.4, -0.2) is 32.4 Å². The molecular weight excluding hydrogens is 411 g/mol. The molecule has 3 aromatic rings. The molecule has 156 valence electrons. The Hall–Kier alpha value is -4.03. The van der Waals surface area contributed by atoms with Crippen LogP contribution in [0.5, 0.6) is 0 Å². The summed E-state index contributed by atoms with van der Waals surface area (Å²) in [5.74, 6) is -0.925. The van der Waals surface area contributed by atoms with Gasteiger partial charge in [-0.1, -0.05) is 17.3 Å². The molecule has 2 aromatic carbocycles. The van der Waals surface area contributed by atoms with Gasteiger partial charge in [-0.05, 0) is 24.3 Å². The van der Waals surface area contributed by atoms with Gasteiger partial charge >= 0.3 is 12.1 Å². The molecule has 0 aliphatic carbocycles. The first-order valence-corrected chi connectivity index (χ1v) is 8.24. The van der Waals surface area contributed by atoms with Gasteiger partial charge in [0.15, 0.2) is 6.73 Å². The lowest BCUT2D eigenvalue weighted by atomic mass is 10.1. The Morgan fingerprint density at radius 3 is 2.67 bits per heavy atom. The zero-order valence-corrected chi connectivity index (χ0v) is 14.9. The normalized spacial score (nSPS) is 11.3. The highest BCUT2D eigenvalue weighted by Crippen LogP contribution is 2.34. The molecule has 1 aromatic heterocycles. The number of benzene rings is 2. The number of nitro groups is 1. The maximum absolute atomic E-state index is 12.7. The van der Waals surface area contributed by atoms with E-state index in [-0.39, 0.29) is 11.1 Å². The van der Waals surface area contributed by atoms with E-state index in [0.29, 0.717) is 17.6 Å². The van der Waals surface area contributed by atoms with Crippen LogP contribution in [-0.2, 0) is 22.4 Å². The molecule has 1 heterocycles. The van der Waals surface area contributed by atoms with Gasteiger partial charge in [-0.15, -0.1) is 5.10 Å². The second kappa shape index (κ2) is 8.14. The van der Waals surface area contributed by atoms with E-state index in [1.165, 1.54) is 6.07 Å². The number of halogens is 3. The van der Waals surface area contributed by atoms with Crippen molar-refractivity contribution in [2.45, 2.75) is 12.9 Å². The van der Waals surface area contributed by atoms with Crippen molar-refractivity contribution in [3.63, 3.8) is 0 Å². The highest BCUT2D eigenvalue weighted by Gasteiger charge is 2.33. The maximum atomic E-state index is 12.7. The Kier molecular flexibility index (Phi) is 5.62. The van der Waals surface area contributed by atoms with Crippen LogP contribution < -0.4 is 10.9 Å². The molecule has 10 nitrogen and oxygen atoms in total. The lowest BCUT2D eigenvalue weighted by molar-refractivity contribution is -0.384. The van der Waals surface area contributed by atoms with Crippen molar-refractivity contribution in [2.75, 3.05) is 11.9 Å². The van der Waals surface area contributed by atoms with E-state index in [1.807, 2.05) is 0 Å². The van der Waals surface area contributed by atoms with E-state index in [1.54, 1.807) is 18.2 Å². The van der Waals surface area contributed by atoms with Gasteiger partial charge in [0.05, 0.1) is 15.9 Å². The van der Waals surface area contributed by atoms with Crippen LogP contribution in [0.3, 0.4) is 0 Å². The van der Waals surface area contributed by atoms with Crippen molar-refractivity contribution in [3.05, 3.63) is 68.5 Å². The van der Waals surface area contributed by atoms with E-state index in [0.717, 1.165) is 10.7 Å². The van der Waals surface area contributed by atoms with E-state index >= 15 is 0 Å². The van der Waals surface area contributed by atoms with Crippen LogP contribution in [0.2, 0.25) is 0 Å². The monoisotopic (exact) mass is 423 g/mol. The van der Waals surface area contributed by atoms with Gasteiger partial charge in [-0.2, -0.15) is 17.9 Å². The number of esters is 1. The molecule has 0 atom stereocenters. The summed E-state index contributed by atoms with van der Waals surface area (Å²) in [5.41, 5.74) is -2.53. The minimum absolute atomic E-state index is 0.266. The molecule has 3 rings (SSSR count). The average molecular weight is 423 g/mol. The fourth-order valence-corrected chi connectivity index (χ4v) is 2.47. The third-order valence-corrected chi connectivity index (χ3v) is 3.92. The fourth-order valence-electron chi connectivity index (χ4n) is 2.47. The highest BCUT2D eigenvalue weighted by atomic mass is 19.4. The predicted octanol–water partition coefficient (Wildman–Crippen LogP) is 2.33. The van der Waals surface area contributed by atoms with Crippen molar-refractivity contribution in [2.24, 2.45) is 0 Å². The third-order valence-electron chi connectivity index (χ3n) is 3.92. The quantitative estimate of drug-likeness (QED) is 0.363. The summed E-state index contributed by atoms with van der Waals surface area (Å²) in [6, 6.07) is 8.25. The number of rotatable bonds is 6. The van der Waals surface area contributed by atoms with E-state index in [9.17, 15) is 32.9 Å². The molecule has 0 amide bonds. The van der Waals surface area contributed by atoms with Crippen LogP contribution in [0.15, 0.2) is 47.3 Å². The van der Waals surface area contributed by atoms with Crippen molar-refractivity contribution in [1.82, 2.24) is 15.0 Å². The number of ether oxygens (including phenoxy) is 1. The molecule has 0 fully saturated rings. The Balaban J connectivity index is 1.66. The first kappa shape index (κ1) is 20.7. The average Bonchev–Trinajstić information content (AvgIpc) is 2.71. The van der Waals surface area contributed by atoms with Gasteiger partial charge in [0, 0.05) is 6.07 Å². The minimum atomic E-state index is -4.75. The SMILES string of the molecule is O=C(CNc1ccc(C(F)(F)F)cc1[N+](=O)[O-])OCn1nnc2ccccc2c1=O. The van der Waals surface area contributed by atoms with E-state index in [4.69, 9.17) is 4.74 Å². The Morgan fingerprint density at radius 1 is 1.23 bits per heavy atom. The van der Waals surface area contributed by atoms with Crippen LogP contribution in [0, 0.1) is 10.1 Å². The molecule has 13 heteroatoms. The maximum Gasteiger partial charge on any atom is 0.416 e. The highest BCUT2D eigenvalue weighted by molar-refractivity contribution is 5.77. The third kappa shape index (κ3) is 4.51. The van der Waals surface area contributed by atoms with Crippen molar-refractivity contribution in [1.29, 1.82) is 0 Å². The summed E-state index contributed by atoms with van der Waals surface area (Å²) in [6.45, 7) is -1.16. The van der Waals surface area contributed by atoms with Gasteiger partial charge in [0.1, 0.15) is 17.7 Å². The zero-order chi connectivity index (χ0) is 21.9. The number of nitrogens with zero attached hydrogens (tertiary/aromatic N) is 4. The van der Waals surface area contributed by atoms with Gasteiger partial charge < -0.3 is 10.1 Å². The summed E-state index contributed by atoms with van der Waals surface area (Å²) in [6.07, 6.45) is -4.75. The molecule has 0 spiro atoms. The smallest absolute Gasteiger partial charge is 0.416 e. The number of carbonyl (C=O) groups excluding carboxylic acids is 1. The van der Waals surface area contributed by atoms with Gasteiger partial charge in [0.25, 0.3) is 11.2 Å². The number of anilines is 1. The lowest BCUT2D eigenvalue weighted by Crippen LogP contribution is -2.28. The molecule has 30 heavy (non-hydrogen) atoms. The van der Waals surface area contributed by atoms with E-state index in [2.05, 4.69) is 15.6 Å². The predicted molar refractivity (Wildman–Crippen MR) is 96.5 cm³/mol.